The highest BCUT2D eigenvalue weighted by atomic mass is 19.1. The molecule has 3 nitrogen and oxygen atoms in total. The molecule has 2 rings (SSSR count). The van der Waals surface area contributed by atoms with E-state index in [9.17, 15) is 4.39 Å². The molecule has 1 heterocycles. The van der Waals surface area contributed by atoms with Crippen LogP contribution in [0.1, 0.15) is 32.3 Å². The van der Waals surface area contributed by atoms with Crippen molar-refractivity contribution in [2.24, 2.45) is 5.92 Å². The van der Waals surface area contributed by atoms with Gasteiger partial charge in [-0.2, -0.15) is 0 Å². The van der Waals surface area contributed by atoms with Gasteiger partial charge in [-0.05, 0) is 44.8 Å². The summed E-state index contributed by atoms with van der Waals surface area (Å²) in [5.74, 6) is 1.06. The maximum absolute atomic E-state index is 14.0. The van der Waals surface area contributed by atoms with Gasteiger partial charge < -0.3 is 10.1 Å². The van der Waals surface area contributed by atoms with Gasteiger partial charge in [-0.3, -0.25) is 4.90 Å². The van der Waals surface area contributed by atoms with Crippen LogP contribution in [0.3, 0.4) is 0 Å². The molecular weight excluding hydrogens is 267 g/mol. The van der Waals surface area contributed by atoms with Gasteiger partial charge >= 0.3 is 0 Å². The highest BCUT2D eigenvalue weighted by Gasteiger charge is 2.24. The Bertz CT molecular complexity index is 452. The first-order valence-corrected chi connectivity index (χ1v) is 7.92. The third-order valence-electron chi connectivity index (χ3n) is 4.43. The molecule has 1 aromatic rings. The Labute approximate surface area is 127 Å². The number of methoxy groups -OCH3 is 1. The molecule has 1 N–H and O–H groups in total. The molecule has 1 aliphatic heterocycles. The minimum atomic E-state index is -0.170. The van der Waals surface area contributed by atoms with Crippen molar-refractivity contribution in [1.29, 1.82) is 0 Å². The van der Waals surface area contributed by atoms with Gasteiger partial charge in [-0.15, -0.1) is 0 Å². The maximum Gasteiger partial charge on any atom is 0.131 e. The summed E-state index contributed by atoms with van der Waals surface area (Å²) < 4.78 is 19.1. The van der Waals surface area contributed by atoms with E-state index < -0.39 is 0 Å². The second-order valence-electron chi connectivity index (χ2n) is 5.94. The lowest BCUT2D eigenvalue weighted by Gasteiger charge is -2.36. The van der Waals surface area contributed by atoms with Gasteiger partial charge in [0, 0.05) is 30.8 Å². The van der Waals surface area contributed by atoms with Gasteiger partial charge in [0.05, 0.1) is 7.11 Å². The number of nitrogens with zero attached hydrogens (tertiary/aromatic N) is 1. The normalized spacial score (nSPS) is 21.2. The van der Waals surface area contributed by atoms with E-state index in [-0.39, 0.29) is 5.82 Å². The van der Waals surface area contributed by atoms with Crippen molar-refractivity contribution >= 4 is 0 Å². The number of hydrogen-bond donors (Lipinski definition) is 1. The minimum Gasteiger partial charge on any atom is -0.497 e. The summed E-state index contributed by atoms with van der Waals surface area (Å²) in [4.78, 5) is 2.37. The Balaban J connectivity index is 1.96. The summed E-state index contributed by atoms with van der Waals surface area (Å²) >= 11 is 0. The molecule has 118 valence electrons. The van der Waals surface area contributed by atoms with Crippen LogP contribution in [0.4, 0.5) is 4.39 Å². The summed E-state index contributed by atoms with van der Waals surface area (Å²) in [6.45, 7) is 8.19. The highest BCUT2D eigenvalue weighted by molar-refractivity contribution is 5.28. The molecule has 0 aliphatic carbocycles. The smallest absolute Gasteiger partial charge is 0.131 e. The molecule has 0 bridgehead atoms. The van der Waals surface area contributed by atoms with E-state index in [0.29, 0.717) is 24.3 Å². The first-order chi connectivity index (χ1) is 10.1. The molecule has 1 aromatic carbocycles. The van der Waals surface area contributed by atoms with Crippen LogP contribution in [0.5, 0.6) is 5.75 Å². The van der Waals surface area contributed by atoms with Gasteiger partial charge in [0.1, 0.15) is 11.6 Å². The third kappa shape index (κ3) is 4.42. The lowest BCUT2D eigenvalue weighted by molar-refractivity contribution is 0.144. The van der Waals surface area contributed by atoms with Crippen molar-refractivity contribution in [2.75, 3.05) is 26.7 Å². The van der Waals surface area contributed by atoms with Gasteiger partial charge in [0.15, 0.2) is 0 Å². The fraction of sp³-hybridized carbons (Fsp3) is 0.647. The number of likely N-dealkylation sites (tertiary alicyclic amines) is 1. The number of nitrogens with one attached hydrogen (secondary N) is 1. The SMILES string of the molecule is CCNC(C)C1CCCN(Cc2ccc(OC)cc2F)C1. The molecule has 21 heavy (non-hydrogen) atoms. The lowest BCUT2D eigenvalue weighted by atomic mass is 9.91. The lowest BCUT2D eigenvalue weighted by Crippen LogP contribution is -2.44. The molecule has 0 saturated carbocycles. The van der Waals surface area contributed by atoms with E-state index in [1.165, 1.54) is 18.9 Å². The van der Waals surface area contributed by atoms with Crippen molar-refractivity contribution in [2.45, 2.75) is 39.3 Å². The second kappa shape index (κ2) is 7.76. The summed E-state index contributed by atoms with van der Waals surface area (Å²) in [7, 11) is 1.56. The largest absolute Gasteiger partial charge is 0.497 e. The molecule has 1 saturated heterocycles. The fourth-order valence-corrected chi connectivity index (χ4v) is 3.16. The molecule has 0 radical (unpaired) electrons. The topological polar surface area (TPSA) is 24.5 Å². The van der Waals surface area contributed by atoms with Crippen molar-refractivity contribution in [3.63, 3.8) is 0 Å². The highest BCUT2D eigenvalue weighted by Crippen LogP contribution is 2.23. The fourth-order valence-electron chi connectivity index (χ4n) is 3.16. The van der Waals surface area contributed by atoms with E-state index in [2.05, 4.69) is 24.1 Å². The summed E-state index contributed by atoms with van der Waals surface area (Å²) in [6, 6.07) is 5.67. The summed E-state index contributed by atoms with van der Waals surface area (Å²) in [5, 5.41) is 3.51. The molecule has 0 amide bonds. The molecule has 0 spiro atoms. The molecule has 1 fully saturated rings. The molecule has 2 atom stereocenters. The average molecular weight is 294 g/mol. The number of piperidine rings is 1. The van der Waals surface area contributed by atoms with E-state index in [4.69, 9.17) is 4.74 Å². The van der Waals surface area contributed by atoms with Gasteiger partial charge in [0.25, 0.3) is 0 Å². The van der Waals surface area contributed by atoms with Crippen LogP contribution in [0.15, 0.2) is 18.2 Å². The molecule has 1 aliphatic rings. The standard InChI is InChI=1S/C17H27FN2O/c1-4-19-13(2)14-6-5-9-20(11-14)12-15-7-8-16(21-3)10-17(15)18/h7-8,10,13-14,19H,4-6,9,11-12H2,1-3H3. The Morgan fingerprint density at radius 2 is 2.29 bits per heavy atom. The van der Waals surface area contributed by atoms with Crippen LogP contribution < -0.4 is 10.1 Å². The summed E-state index contributed by atoms with van der Waals surface area (Å²) in [6.07, 6.45) is 2.45. The Hall–Kier alpha value is -1.13. The number of ether oxygens (including phenoxy) is 1. The second-order valence-corrected chi connectivity index (χ2v) is 5.94. The number of hydrogen-bond acceptors (Lipinski definition) is 3. The predicted molar refractivity (Wildman–Crippen MR) is 84.1 cm³/mol. The number of rotatable bonds is 6. The van der Waals surface area contributed by atoms with E-state index in [1.54, 1.807) is 7.11 Å². The van der Waals surface area contributed by atoms with Crippen LogP contribution in [0.2, 0.25) is 0 Å². The zero-order chi connectivity index (χ0) is 15.2. The van der Waals surface area contributed by atoms with Crippen LogP contribution >= 0.6 is 0 Å². The first kappa shape index (κ1) is 16.2. The van der Waals surface area contributed by atoms with Crippen LogP contribution in [-0.4, -0.2) is 37.7 Å². The van der Waals surface area contributed by atoms with Gasteiger partial charge in [0.2, 0.25) is 0 Å². The number of halogens is 1. The van der Waals surface area contributed by atoms with Crippen LogP contribution in [-0.2, 0) is 6.54 Å². The predicted octanol–water partition coefficient (Wildman–Crippen LogP) is 3.04. The zero-order valence-electron chi connectivity index (χ0n) is 13.4. The van der Waals surface area contributed by atoms with Crippen LogP contribution in [0.25, 0.3) is 0 Å². The molecular formula is C17H27FN2O. The number of benzene rings is 1. The van der Waals surface area contributed by atoms with E-state index in [1.807, 2.05) is 12.1 Å². The van der Waals surface area contributed by atoms with E-state index >= 15 is 0 Å². The first-order valence-electron chi connectivity index (χ1n) is 7.92. The quantitative estimate of drug-likeness (QED) is 0.873. The zero-order valence-corrected chi connectivity index (χ0v) is 13.4. The Morgan fingerprint density at radius 1 is 1.48 bits per heavy atom. The Morgan fingerprint density at radius 3 is 2.95 bits per heavy atom. The summed E-state index contributed by atoms with van der Waals surface area (Å²) in [5.41, 5.74) is 0.757. The van der Waals surface area contributed by atoms with Crippen LogP contribution in [0, 0.1) is 11.7 Å². The third-order valence-corrected chi connectivity index (χ3v) is 4.43. The van der Waals surface area contributed by atoms with E-state index in [0.717, 1.165) is 25.2 Å². The van der Waals surface area contributed by atoms with Gasteiger partial charge in [-0.25, -0.2) is 4.39 Å². The van der Waals surface area contributed by atoms with Crippen molar-refractivity contribution in [3.8, 4) is 5.75 Å². The molecule has 2 unspecified atom stereocenters. The average Bonchev–Trinajstić information content (AvgIpc) is 2.50. The van der Waals surface area contributed by atoms with Crippen molar-refractivity contribution in [3.05, 3.63) is 29.6 Å². The molecule has 4 heteroatoms. The minimum absolute atomic E-state index is 0.170. The van der Waals surface area contributed by atoms with Crippen molar-refractivity contribution in [1.82, 2.24) is 10.2 Å². The van der Waals surface area contributed by atoms with Crippen molar-refractivity contribution < 1.29 is 9.13 Å². The monoisotopic (exact) mass is 294 g/mol. The van der Waals surface area contributed by atoms with Gasteiger partial charge in [-0.1, -0.05) is 13.0 Å². The Kier molecular flexibility index (Phi) is 6.00. The molecule has 0 aromatic heterocycles. The maximum atomic E-state index is 14.0.